The van der Waals surface area contributed by atoms with E-state index in [1.807, 2.05) is 140 Å². The van der Waals surface area contributed by atoms with Crippen molar-refractivity contribution >= 4 is 23.6 Å². The van der Waals surface area contributed by atoms with Gasteiger partial charge in [0.05, 0.1) is 6.61 Å². The topological polar surface area (TPSA) is 95.4 Å². The summed E-state index contributed by atoms with van der Waals surface area (Å²) in [5, 5.41) is 9.06. The number of aliphatic hydroxyl groups is 1. The van der Waals surface area contributed by atoms with Gasteiger partial charge in [-0.15, -0.1) is 0 Å². The molecule has 1 aliphatic rings. The average molecular weight is 605 g/mol. The lowest BCUT2D eigenvalue weighted by Gasteiger charge is -2.29. The molecule has 0 radical (unpaired) electrons. The Bertz CT molecular complexity index is 1570. The molecule has 45 heavy (non-hydrogen) atoms. The van der Waals surface area contributed by atoms with Gasteiger partial charge in [-0.2, -0.15) is 0 Å². The van der Waals surface area contributed by atoms with Crippen molar-refractivity contribution in [3.05, 3.63) is 138 Å². The summed E-state index contributed by atoms with van der Waals surface area (Å²) in [6.45, 7) is 0.942. The Morgan fingerprint density at radius 2 is 1.64 bits per heavy atom. The summed E-state index contributed by atoms with van der Waals surface area (Å²) >= 11 is 0. The highest BCUT2D eigenvalue weighted by molar-refractivity contribution is 6.01. The van der Waals surface area contributed by atoms with Crippen LogP contribution in [0.2, 0.25) is 0 Å². The second-order valence-electron chi connectivity index (χ2n) is 11.1. The van der Waals surface area contributed by atoms with Crippen LogP contribution in [0.15, 0.2) is 120 Å². The lowest BCUT2D eigenvalue weighted by molar-refractivity contribution is -0.129. The largest absolute Gasteiger partial charge is 0.494 e. The molecule has 1 heterocycles. The van der Waals surface area contributed by atoms with Crippen LogP contribution in [0.1, 0.15) is 41.2 Å². The number of ether oxygens (including phenoxy) is 2. The predicted molar refractivity (Wildman–Crippen MR) is 179 cm³/mol. The number of anilines is 1. The monoisotopic (exact) mass is 604 g/mol. The normalized spacial score (nSPS) is 17.5. The molecule has 4 aromatic carbocycles. The minimum absolute atomic E-state index is 0.0735. The molecule has 0 saturated carbocycles. The first-order valence-electron chi connectivity index (χ1n) is 15.2. The molecule has 2 atom stereocenters. The summed E-state index contributed by atoms with van der Waals surface area (Å²) in [5.74, 6) is 0.772. The van der Waals surface area contributed by atoms with E-state index in [9.17, 15) is 4.79 Å². The van der Waals surface area contributed by atoms with Crippen LogP contribution in [0.25, 0.3) is 6.08 Å². The Labute approximate surface area is 265 Å². The molecular formula is C37H40N4O4. The Hall–Kier alpha value is -4.92. The molecule has 0 aromatic heterocycles. The van der Waals surface area contributed by atoms with Gasteiger partial charge in [0.25, 0.3) is 5.91 Å². The number of hydrogen-bond acceptors (Lipinski definition) is 7. The smallest absolute Gasteiger partial charge is 0.266 e. The number of carbonyl (C=O) groups is 1. The third-order valence-corrected chi connectivity index (χ3v) is 7.62. The number of hydrazine groups is 1. The van der Waals surface area contributed by atoms with E-state index in [0.717, 1.165) is 27.9 Å². The minimum Gasteiger partial charge on any atom is -0.494 e. The Morgan fingerprint density at radius 3 is 2.31 bits per heavy atom. The van der Waals surface area contributed by atoms with Crippen LogP contribution in [-0.4, -0.2) is 49.8 Å². The summed E-state index contributed by atoms with van der Waals surface area (Å²) in [7, 11) is 4.00. The SMILES string of the molecule is CN(C)c1ccc(CNNC(=O)[C@@]2(C/C=C/c3ccccc3)N=C(c3ccc(OCCCO)cc3)O[C@H]2c2ccccc2)cc1. The van der Waals surface area contributed by atoms with E-state index in [1.54, 1.807) is 0 Å². The highest BCUT2D eigenvalue weighted by atomic mass is 16.5. The van der Waals surface area contributed by atoms with Crippen LogP contribution < -0.4 is 20.5 Å². The third-order valence-electron chi connectivity index (χ3n) is 7.62. The Kier molecular flexibility index (Phi) is 10.6. The molecule has 0 spiro atoms. The van der Waals surface area contributed by atoms with Gasteiger partial charge in [0.1, 0.15) is 5.75 Å². The highest BCUT2D eigenvalue weighted by Crippen LogP contribution is 2.43. The summed E-state index contributed by atoms with van der Waals surface area (Å²) in [4.78, 5) is 21.4. The molecular weight excluding hydrogens is 564 g/mol. The van der Waals surface area contributed by atoms with Crippen molar-refractivity contribution in [1.29, 1.82) is 0 Å². The van der Waals surface area contributed by atoms with E-state index in [1.165, 1.54) is 0 Å². The predicted octanol–water partition coefficient (Wildman–Crippen LogP) is 5.70. The van der Waals surface area contributed by atoms with Crippen LogP contribution in [0.5, 0.6) is 5.75 Å². The molecule has 0 unspecified atom stereocenters. The van der Waals surface area contributed by atoms with E-state index in [-0.39, 0.29) is 12.5 Å². The second kappa shape index (κ2) is 15.2. The van der Waals surface area contributed by atoms with E-state index < -0.39 is 11.6 Å². The van der Waals surface area contributed by atoms with Gasteiger partial charge in [0, 0.05) is 51.3 Å². The van der Waals surface area contributed by atoms with Gasteiger partial charge >= 0.3 is 0 Å². The quantitative estimate of drug-likeness (QED) is 0.126. The molecule has 0 fully saturated rings. The molecule has 8 heteroatoms. The summed E-state index contributed by atoms with van der Waals surface area (Å²) in [6, 6.07) is 35.3. The number of amides is 1. The molecule has 0 aliphatic carbocycles. The van der Waals surface area contributed by atoms with Gasteiger partial charge in [-0.1, -0.05) is 84.9 Å². The zero-order valence-electron chi connectivity index (χ0n) is 25.7. The van der Waals surface area contributed by atoms with Crippen molar-refractivity contribution < 1.29 is 19.4 Å². The highest BCUT2D eigenvalue weighted by Gasteiger charge is 2.52. The number of nitrogens with zero attached hydrogens (tertiary/aromatic N) is 2. The number of hydrogen-bond donors (Lipinski definition) is 3. The van der Waals surface area contributed by atoms with Gasteiger partial charge in [-0.25, -0.2) is 10.4 Å². The van der Waals surface area contributed by atoms with Crippen molar-refractivity contribution in [2.75, 3.05) is 32.2 Å². The first-order chi connectivity index (χ1) is 22.0. The number of aliphatic imine (C=N–C) groups is 1. The molecule has 0 saturated heterocycles. The Balaban J connectivity index is 1.44. The number of nitrogens with one attached hydrogen (secondary N) is 2. The molecule has 1 aliphatic heterocycles. The van der Waals surface area contributed by atoms with Gasteiger partial charge < -0.3 is 19.5 Å². The summed E-state index contributed by atoms with van der Waals surface area (Å²) in [6.07, 6.45) is 4.18. The van der Waals surface area contributed by atoms with Gasteiger partial charge in [-0.05, 0) is 53.1 Å². The number of carbonyl (C=O) groups excluding carboxylic acids is 1. The standard InChI is InChI=1S/C37H40N4O4/c1-41(2)32-20-16-29(17-21-32)27-38-40-36(43)37(24-9-13-28-11-5-3-6-12-28)34(30-14-7-4-8-15-30)45-35(39-37)31-18-22-33(23-19-31)44-26-10-25-42/h3-9,11-23,34,38,42H,10,24-27H2,1-2H3,(H,40,43)/b13-9+/t34-,37-/m0/s1. The van der Waals surface area contributed by atoms with Gasteiger partial charge in [0.15, 0.2) is 11.6 Å². The second-order valence-corrected chi connectivity index (χ2v) is 11.1. The fourth-order valence-electron chi connectivity index (χ4n) is 5.13. The molecule has 4 aromatic rings. The molecule has 1 amide bonds. The van der Waals surface area contributed by atoms with Crippen molar-refractivity contribution in [2.24, 2.45) is 4.99 Å². The van der Waals surface area contributed by atoms with Crippen molar-refractivity contribution in [2.45, 2.75) is 31.0 Å². The fraction of sp³-hybridized carbons (Fsp3) is 0.243. The van der Waals surface area contributed by atoms with Crippen molar-refractivity contribution in [1.82, 2.24) is 10.9 Å². The molecule has 232 valence electrons. The van der Waals surface area contributed by atoms with E-state index in [4.69, 9.17) is 19.6 Å². The molecule has 8 nitrogen and oxygen atoms in total. The average Bonchev–Trinajstić information content (AvgIpc) is 3.47. The van der Waals surface area contributed by atoms with Crippen LogP contribution in [-0.2, 0) is 16.1 Å². The number of benzene rings is 4. The van der Waals surface area contributed by atoms with E-state index in [2.05, 4.69) is 10.9 Å². The maximum Gasteiger partial charge on any atom is 0.266 e. The first-order valence-corrected chi connectivity index (χ1v) is 15.2. The van der Waals surface area contributed by atoms with Crippen LogP contribution in [0.4, 0.5) is 5.69 Å². The Morgan fingerprint density at radius 1 is 0.956 bits per heavy atom. The van der Waals surface area contributed by atoms with Crippen molar-refractivity contribution in [3.8, 4) is 5.75 Å². The minimum atomic E-state index is -1.29. The fourth-order valence-corrected chi connectivity index (χ4v) is 5.13. The molecule has 5 rings (SSSR count). The molecule has 3 N–H and O–H groups in total. The zero-order chi connectivity index (χ0) is 31.5. The first kappa shape index (κ1) is 31.5. The van der Waals surface area contributed by atoms with Gasteiger partial charge in [0.2, 0.25) is 5.90 Å². The lowest BCUT2D eigenvalue weighted by Crippen LogP contribution is -2.52. The zero-order valence-corrected chi connectivity index (χ0v) is 25.7. The third kappa shape index (κ3) is 7.98. The van der Waals surface area contributed by atoms with Crippen LogP contribution in [0.3, 0.4) is 0 Å². The summed E-state index contributed by atoms with van der Waals surface area (Å²) < 4.78 is 12.3. The van der Waals surface area contributed by atoms with E-state index >= 15 is 0 Å². The summed E-state index contributed by atoms with van der Waals surface area (Å²) in [5.41, 5.74) is 9.54. The maximum absolute atomic E-state index is 14.3. The van der Waals surface area contributed by atoms with Gasteiger partial charge in [-0.3, -0.25) is 10.2 Å². The van der Waals surface area contributed by atoms with Crippen LogP contribution in [0, 0.1) is 0 Å². The maximum atomic E-state index is 14.3. The van der Waals surface area contributed by atoms with Crippen LogP contribution >= 0.6 is 0 Å². The number of aliphatic hydroxyl groups excluding tert-OH is 1. The van der Waals surface area contributed by atoms with Crippen molar-refractivity contribution in [3.63, 3.8) is 0 Å². The number of rotatable bonds is 14. The lowest BCUT2D eigenvalue weighted by atomic mass is 9.84. The van der Waals surface area contributed by atoms with E-state index in [0.29, 0.717) is 37.6 Å². The molecule has 0 bridgehead atoms.